The van der Waals surface area contributed by atoms with Crippen LogP contribution >= 0.6 is 11.8 Å². The SMILES string of the molecule is CCSc1ccc(C(=O)Nc2ccc(F)cc2)c[n+]1[O-]. The highest BCUT2D eigenvalue weighted by atomic mass is 32.2. The standard InChI is InChI=1S/C14H13FN2O2S/c1-2-20-13-8-3-10(9-17(13)19)14(18)16-12-6-4-11(15)5-7-12/h3-9H,2H2,1H3,(H,16,18). The average Bonchev–Trinajstić information content (AvgIpc) is 2.44. The Balaban J connectivity index is 2.13. The number of nitrogens with one attached hydrogen (secondary N) is 1. The molecule has 0 aliphatic heterocycles. The summed E-state index contributed by atoms with van der Waals surface area (Å²) in [6, 6.07) is 8.63. The van der Waals surface area contributed by atoms with E-state index in [1.54, 1.807) is 12.1 Å². The molecule has 1 aromatic carbocycles. The molecule has 0 atom stereocenters. The van der Waals surface area contributed by atoms with Crippen molar-refractivity contribution in [3.8, 4) is 0 Å². The quantitative estimate of drug-likeness (QED) is 0.535. The van der Waals surface area contributed by atoms with Crippen molar-refractivity contribution in [1.29, 1.82) is 0 Å². The summed E-state index contributed by atoms with van der Waals surface area (Å²) in [4.78, 5) is 12.0. The predicted octanol–water partition coefficient (Wildman–Crippen LogP) is 2.82. The van der Waals surface area contributed by atoms with E-state index in [1.807, 2.05) is 6.92 Å². The third-order valence-electron chi connectivity index (χ3n) is 2.54. The topological polar surface area (TPSA) is 56.0 Å². The minimum Gasteiger partial charge on any atom is -0.618 e. The molecule has 0 unspecified atom stereocenters. The van der Waals surface area contributed by atoms with E-state index in [9.17, 15) is 14.4 Å². The second-order valence-electron chi connectivity index (χ2n) is 3.98. The fraction of sp³-hybridized carbons (Fsp3) is 0.143. The van der Waals surface area contributed by atoms with Crippen LogP contribution in [0.2, 0.25) is 0 Å². The lowest BCUT2D eigenvalue weighted by atomic mass is 10.2. The largest absolute Gasteiger partial charge is 0.618 e. The summed E-state index contributed by atoms with van der Waals surface area (Å²) >= 11 is 1.40. The van der Waals surface area contributed by atoms with Gasteiger partial charge in [-0.3, -0.25) is 4.79 Å². The molecule has 0 saturated heterocycles. The Morgan fingerprint density at radius 1 is 1.30 bits per heavy atom. The number of benzene rings is 1. The Morgan fingerprint density at radius 3 is 2.60 bits per heavy atom. The minimum absolute atomic E-state index is 0.254. The molecule has 4 nitrogen and oxygen atoms in total. The number of halogens is 1. The molecule has 0 spiro atoms. The van der Waals surface area contributed by atoms with Gasteiger partial charge in [0.05, 0.1) is 0 Å². The van der Waals surface area contributed by atoms with Crippen LogP contribution in [0.3, 0.4) is 0 Å². The van der Waals surface area contributed by atoms with Crippen LogP contribution < -0.4 is 10.0 Å². The van der Waals surface area contributed by atoms with Crippen LogP contribution in [-0.2, 0) is 0 Å². The molecule has 1 heterocycles. The van der Waals surface area contributed by atoms with Crippen molar-refractivity contribution in [3.05, 3.63) is 59.2 Å². The van der Waals surface area contributed by atoms with Crippen molar-refractivity contribution >= 4 is 23.4 Å². The fourth-order valence-corrected chi connectivity index (χ4v) is 2.24. The third-order valence-corrected chi connectivity index (χ3v) is 3.44. The van der Waals surface area contributed by atoms with E-state index in [0.717, 1.165) is 5.75 Å². The predicted molar refractivity (Wildman–Crippen MR) is 76.2 cm³/mol. The van der Waals surface area contributed by atoms with Crippen molar-refractivity contribution in [2.45, 2.75) is 11.9 Å². The Hall–Kier alpha value is -2.08. The molecular formula is C14H13FN2O2S. The van der Waals surface area contributed by atoms with Gasteiger partial charge in [-0.05, 0) is 30.3 Å². The minimum atomic E-state index is -0.408. The lowest BCUT2D eigenvalue weighted by molar-refractivity contribution is -0.645. The number of anilines is 1. The summed E-state index contributed by atoms with van der Waals surface area (Å²) in [5.41, 5.74) is 0.727. The van der Waals surface area contributed by atoms with E-state index in [2.05, 4.69) is 5.32 Å². The van der Waals surface area contributed by atoms with Crippen molar-refractivity contribution in [2.75, 3.05) is 11.1 Å². The number of carbonyl (C=O) groups excluding carboxylic acids is 1. The molecule has 1 N–H and O–H groups in total. The molecule has 2 rings (SSSR count). The van der Waals surface area contributed by atoms with Gasteiger partial charge in [-0.25, -0.2) is 4.39 Å². The van der Waals surface area contributed by atoms with Gasteiger partial charge in [0.25, 0.3) is 10.9 Å². The van der Waals surface area contributed by atoms with Crippen LogP contribution in [0.15, 0.2) is 47.6 Å². The summed E-state index contributed by atoms with van der Waals surface area (Å²) < 4.78 is 13.4. The van der Waals surface area contributed by atoms with Gasteiger partial charge in [-0.15, -0.1) is 0 Å². The van der Waals surface area contributed by atoms with Crippen molar-refractivity contribution in [2.24, 2.45) is 0 Å². The number of rotatable bonds is 4. The normalized spacial score (nSPS) is 10.3. The zero-order valence-electron chi connectivity index (χ0n) is 10.8. The average molecular weight is 292 g/mol. The third kappa shape index (κ3) is 3.48. The van der Waals surface area contributed by atoms with E-state index in [-0.39, 0.29) is 11.4 Å². The van der Waals surface area contributed by atoms with Gasteiger partial charge in [0.1, 0.15) is 11.4 Å². The van der Waals surface area contributed by atoms with E-state index >= 15 is 0 Å². The Bertz CT molecular complexity index is 617. The Morgan fingerprint density at radius 2 is 2.00 bits per heavy atom. The summed E-state index contributed by atoms with van der Waals surface area (Å²) in [6.07, 6.45) is 1.23. The maximum absolute atomic E-state index is 12.8. The van der Waals surface area contributed by atoms with Crippen molar-refractivity contribution in [1.82, 2.24) is 0 Å². The number of carbonyl (C=O) groups is 1. The van der Waals surface area contributed by atoms with Crippen LogP contribution in [0.25, 0.3) is 0 Å². The zero-order chi connectivity index (χ0) is 14.5. The van der Waals surface area contributed by atoms with Crippen LogP contribution in [-0.4, -0.2) is 11.7 Å². The van der Waals surface area contributed by atoms with Crippen LogP contribution in [0.1, 0.15) is 17.3 Å². The first kappa shape index (κ1) is 14.3. The van der Waals surface area contributed by atoms with Crippen molar-refractivity contribution < 1.29 is 13.9 Å². The number of hydrogen-bond donors (Lipinski definition) is 1. The Labute approximate surface area is 120 Å². The number of pyridine rings is 1. The molecular weight excluding hydrogens is 279 g/mol. The molecule has 0 aliphatic rings. The molecule has 1 amide bonds. The number of hydrogen-bond acceptors (Lipinski definition) is 3. The molecule has 104 valence electrons. The highest BCUT2D eigenvalue weighted by Gasteiger charge is 2.12. The summed E-state index contributed by atoms with van der Waals surface area (Å²) in [7, 11) is 0. The van der Waals surface area contributed by atoms with E-state index < -0.39 is 5.91 Å². The van der Waals surface area contributed by atoms with Gasteiger partial charge in [-0.2, -0.15) is 4.73 Å². The van der Waals surface area contributed by atoms with E-state index in [4.69, 9.17) is 0 Å². The van der Waals surface area contributed by atoms with Gasteiger partial charge in [0, 0.05) is 17.5 Å². The van der Waals surface area contributed by atoms with E-state index in [0.29, 0.717) is 15.4 Å². The fourth-order valence-electron chi connectivity index (χ4n) is 1.60. The highest BCUT2D eigenvalue weighted by molar-refractivity contribution is 7.99. The summed E-state index contributed by atoms with van der Waals surface area (Å²) in [5, 5.41) is 14.8. The second-order valence-corrected chi connectivity index (χ2v) is 5.26. The maximum atomic E-state index is 12.8. The first-order valence-corrected chi connectivity index (χ1v) is 7.01. The molecule has 20 heavy (non-hydrogen) atoms. The molecule has 1 aromatic heterocycles. The van der Waals surface area contributed by atoms with Gasteiger partial charge in [0.2, 0.25) is 0 Å². The summed E-state index contributed by atoms with van der Waals surface area (Å²) in [5.74, 6) is -0.000739. The number of thioether (sulfide) groups is 1. The molecule has 2 aromatic rings. The molecule has 0 fully saturated rings. The monoisotopic (exact) mass is 292 g/mol. The molecule has 0 radical (unpaired) electrons. The first-order chi connectivity index (χ1) is 9.60. The number of aromatic nitrogens is 1. The van der Waals surface area contributed by atoms with E-state index in [1.165, 1.54) is 42.2 Å². The Kier molecular flexibility index (Phi) is 4.57. The highest BCUT2D eigenvalue weighted by Crippen LogP contribution is 2.14. The van der Waals surface area contributed by atoms with Gasteiger partial charge >= 0.3 is 0 Å². The van der Waals surface area contributed by atoms with Gasteiger partial charge in [0.15, 0.2) is 6.20 Å². The van der Waals surface area contributed by atoms with Crippen molar-refractivity contribution in [3.63, 3.8) is 0 Å². The lowest BCUT2D eigenvalue weighted by Crippen LogP contribution is -2.30. The number of nitrogens with zero attached hydrogens (tertiary/aromatic N) is 1. The lowest BCUT2D eigenvalue weighted by Gasteiger charge is -2.07. The van der Waals surface area contributed by atoms with Gasteiger partial charge < -0.3 is 10.5 Å². The second kappa shape index (κ2) is 6.38. The molecule has 0 aliphatic carbocycles. The van der Waals surface area contributed by atoms with Gasteiger partial charge in [-0.1, -0.05) is 18.7 Å². The maximum Gasteiger partial charge on any atom is 0.261 e. The molecule has 6 heteroatoms. The number of amides is 1. The van der Waals surface area contributed by atoms with Crippen LogP contribution in [0.4, 0.5) is 10.1 Å². The summed E-state index contributed by atoms with van der Waals surface area (Å²) in [6.45, 7) is 1.94. The smallest absolute Gasteiger partial charge is 0.261 e. The first-order valence-electron chi connectivity index (χ1n) is 6.03. The zero-order valence-corrected chi connectivity index (χ0v) is 11.6. The van der Waals surface area contributed by atoms with Crippen LogP contribution in [0.5, 0.6) is 0 Å². The van der Waals surface area contributed by atoms with Crippen LogP contribution in [0, 0.1) is 11.0 Å². The molecule has 0 bridgehead atoms. The molecule has 0 saturated carbocycles.